The van der Waals surface area contributed by atoms with Crippen molar-refractivity contribution in [3.8, 4) is 0 Å². The lowest BCUT2D eigenvalue weighted by Crippen LogP contribution is -2.63. The average Bonchev–Trinajstić information content (AvgIpc) is 2.55. The number of hydrogen-bond acceptors (Lipinski definition) is 11. The van der Waals surface area contributed by atoms with Crippen molar-refractivity contribution in [3.05, 3.63) is 0 Å². The molecule has 2 fully saturated rings. The lowest BCUT2D eigenvalue weighted by molar-refractivity contribution is -0.338. The highest BCUT2D eigenvalue weighted by Gasteiger charge is 2.49. The average molecular weight is 358 g/mol. The Hall–Kier alpha value is -0.0500. The lowest BCUT2D eigenvalue weighted by atomic mass is 9.97. The molecular weight excluding hydrogens is 336 g/mol. The second-order valence-corrected chi connectivity index (χ2v) is 6.04. The third-order valence-corrected chi connectivity index (χ3v) is 4.41. The Morgan fingerprint density at radius 3 is 1.91 bits per heavy atom. The summed E-state index contributed by atoms with van der Waals surface area (Å²) in [6, 6.07) is 0. The molecular formula is C12H22O10S. The van der Waals surface area contributed by atoms with Crippen molar-refractivity contribution in [1.82, 2.24) is 0 Å². The van der Waals surface area contributed by atoms with Crippen LogP contribution >= 0.6 is 12.6 Å². The molecule has 0 aromatic heterocycles. The van der Waals surface area contributed by atoms with Gasteiger partial charge in [0.15, 0.2) is 6.29 Å². The molecule has 0 bridgehead atoms. The van der Waals surface area contributed by atoms with Crippen molar-refractivity contribution in [1.29, 1.82) is 0 Å². The van der Waals surface area contributed by atoms with Crippen LogP contribution < -0.4 is 0 Å². The summed E-state index contributed by atoms with van der Waals surface area (Å²) in [7, 11) is 0. The second kappa shape index (κ2) is 7.89. The molecule has 0 saturated carbocycles. The summed E-state index contributed by atoms with van der Waals surface area (Å²) >= 11 is 3.92. The molecule has 11 heteroatoms. The Morgan fingerprint density at radius 2 is 1.35 bits per heavy atom. The van der Waals surface area contributed by atoms with Gasteiger partial charge in [0, 0.05) is 0 Å². The first-order valence-electron chi connectivity index (χ1n) is 7.08. The zero-order valence-corrected chi connectivity index (χ0v) is 12.9. The van der Waals surface area contributed by atoms with Gasteiger partial charge < -0.3 is 50.0 Å². The van der Waals surface area contributed by atoms with Crippen LogP contribution in [-0.4, -0.2) is 110 Å². The standard InChI is InChI=1S/C12H22O10S/c13-1-3-5(15)6(16)8(18)11(20-3)22-10-4(2-14)21-12(23)9(19)7(10)17/h3-19,23H,1-2H2/t3?,4?,5-,6?,7?,8?,9+,10-,11+,12+/m1/s1. The Balaban J connectivity index is 2.11. The zero-order chi connectivity index (χ0) is 17.3. The minimum absolute atomic E-state index is 0.567. The van der Waals surface area contributed by atoms with Crippen molar-refractivity contribution >= 4 is 12.6 Å². The summed E-state index contributed by atoms with van der Waals surface area (Å²) in [5.41, 5.74) is -1.04. The van der Waals surface area contributed by atoms with E-state index in [2.05, 4.69) is 12.6 Å². The molecule has 0 aromatic rings. The summed E-state index contributed by atoms with van der Waals surface area (Å²) in [6.07, 6.45) is -12.9. The van der Waals surface area contributed by atoms with Crippen molar-refractivity contribution < 1.29 is 50.0 Å². The van der Waals surface area contributed by atoms with Crippen molar-refractivity contribution in [2.24, 2.45) is 0 Å². The van der Waals surface area contributed by atoms with Crippen LogP contribution in [0, 0.1) is 0 Å². The Bertz CT molecular complexity index is 383. The van der Waals surface area contributed by atoms with Gasteiger partial charge in [0.05, 0.1) is 13.2 Å². The normalized spacial score (nSPS) is 51.7. The van der Waals surface area contributed by atoms with Crippen LogP contribution in [0.4, 0.5) is 0 Å². The first-order chi connectivity index (χ1) is 10.8. The van der Waals surface area contributed by atoms with E-state index in [9.17, 15) is 30.6 Å². The maximum Gasteiger partial charge on any atom is 0.187 e. The summed E-state index contributed by atoms with van der Waals surface area (Å²) in [4.78, 5) is 0. The summed E-state index contributed by atoms with van der Waals surface area (Å²) in [6.45, 7) is -1.21. The van der Waals surface area contributed by atoms with Crippen LogP contribution in [-0.2, 0) is 14.2 Å². The fraction of sp³-hybridized carbons (Fsp3) is 1.00. The zero-order valence-electron chi connectivity index (χ0n) is 12.0. The Morgan fingerprint density at radius 1 is 0.739 bits per heavy atom. The van der Waals surface area contributed by atoms with Crippen LogP contribution in [0.15, 0.2) is 0 Å². The van der Waals surface area contributed by atoms with Crippen molar-refractivity contribution in [2.75, 3.05) is 13.2 Å². The van der Waals surface area contributed by atoms with Gasteiger partial charge in [-0.15, -0.1) is 12.6 Å². The van der Waals surface area contributed by atoms with Crippen LogP contribution in [0.1, 0.15) is 0 Å². The van der Waals surface area contributed by atoms with E-state index >= 15 is 0 Å². The maximum absolute atomic E-state index is 10.1. The van der Waals surface area contributed by atoms with Gasteiger partial charge in [0.2, 0.25) is 0 Å². The monoisotopic (exact) mass is 358 g/mol. The molecule has 0 spiro atoms. The van der Waals surface area contributed by atoms with Crippen LogP contribution in [0.5, 0.6) is 0 Å². The molecule has 10 nitrogen and oxygen atoms in total. The predicted molar refractivity (Wildman–Crippen MR) is 75.4 cm³/mol. The Kier molecular flexibility index (Phi) is 6.61. The molecule has 10 atom stereocenters. The third kappa shape index (κ3) is 3.80. The van der Waals surface area contributed by atoms with Gasteiger partial charge in [-0.25, -0.2) is 0 Å². The molecule has 2 aliphatic rings. The topological polar surface area (TPSA) is 169 Å². The van der Waals surface area contributed by atoms with E-state index in [1.807, 2.05) is 0 Å². The molecule has 7 N–H and O–H groups in total. The molecule has 0 amide bonds. The fourth-order valence-corrected chi connectivity index (χ4v) is 2.90. The van der Waals surface area contributed by atoms with Gasteiger partial charge in [-0.1, -0.05) is 0 Å². The number of ether oxygens (including phenoxy) is 3. The fourth-order valence-electron chi connectivity index (χ4n) is 2.57. The van der Waals surface area contributed by atoms with Gasteiger partial charge in [-0.05, 0) is 0 Å². The lowest BCUT2D eigenvalue weighted by Gasteiger charge is -2.45. The minimum Gasteiger partial charge on any atom is -0.394 e. The molecule has 2 heterocycles. The van der Waals surface area contributed by atoms with Gasteiger partial charge in [0.1, 0.15) is 54.3 Å². The van der Waals surface area contributed by atoms with E-state index in [-0.39, 0.29) is 0 Å². The van der Waals surface area contributed by atoms with E-state index in [0.717, 1.165) is 0 Å². The minimum atomic E-state index is -1.68. The van der Waals surface area contributed by atoms with Crippen LogP contribution in [0.25, 0.3) is 0 Å². The SMILES string of the molecule is OCC1O[C@@H](O[C@@H]2C(CO)O[C@@H](S)[C@@H](O)C2O)C(O)C(O)[C@@H]1O. The summed E-state index contributed by atoms with van der Waals surface area (Å²) in [5.74, 6) is 0. The van der Waals surface area contributed by atoms with Crippen molar-refractivity contribution in [2.45, 2.75) is 60.6 Å². The molecule has 0 aromatic carbocycles. The molecule has 0 aliphatic carbocycles. The third-order valence-electron chi connectivity index (χ3n) is 3.98. The maximum atomic E-state index is 10.1. The smallest absolute Gasteiger partial charge is 0.187 e. The molecule has 23 heavy (non-hydrogen) atoms. The highest BCUT2D eigenvalue weighted by molar-refractivity contribution is 7.80. The molecule has 5 unspecified atom stereocenters. The van der Waals surface area contributed by atoms with Crippen molar-refractivity contribution in [3.63, 3.8) is 0 Å². The highest BCUT2D eigenvalue weighted by atomic mass is 32.1. The van der Waals surface area contributed by atoms with E-state index in [0.29, 0.717) is 0 Å². The number of thiol groups is 1. The summed E-state index contributed by atoms with van der Waals surface area (Å²) < 4.78 is 15.7. The van der Waals surface area contributed by atoms with Gasteiger partial charge in [-0.2, -0.15) is 0 Å². The van der Waals surface area contributed by atoms with Crippen LogP contribution in [0.2, 0.25) is 0 Å². The highest BCUT2D eigenvalue weighted by Crippen LogP contribution is 2.29. The van der Waals surface area contributed by atoms with Gasteiger partial charge in [-0.3, -0.25) is 0 Å². The summed E-state index contributed by atoms with van der Waals surface area (Å²) in [5, 5.41) is 67.6. The van der Waals surface area contributed by atoms with Crippen LogP contribution in [0.3, 0.4) is 0 Å². The Labute approximate surface area is 137 Å². The molecule has 2 aliphatic heterocycles. The first kappa shape index (κ1) is 19.3. The molecule has 2 rings (SSSR count). The molecule has 2 saturated heterocycles. The number of aliphatic hydroxyl groups excluding tert-OH is 7. The predicted octanol–water partition coefficient (Wildman–Crippen LogP) is -4.46. The molecule has 136 valence electrons. The van der Waals surface area contributed by atoms with Gasteiger partial charge in [0.25, 0.3) is 0 Å². The number of rotatable bonds is 4. The second-order valence-electron chi connectivity index (χ2n) is 5.53. The molecule has 0 radical (unpaired) electrons. The van der Waals surface area contributed by atoms with Gasteiger partial charge >= 0.3 is 0 Å². The first-order valence-corrected chi connectivity index (χ1v) is 7.60. The quantitative estimate of drug-likeness (QED) is 0.229. The number of aliphatic hydroxyl groups is 7. The van der Waals surface area contributed by atoms with E-state index in [1.54, 1.807) is 0 Å². The largest absolute Gasteiger partial charge is 0.394 e. The van der Waals surface area contributed by atoms with E-state index in [1.165, 1.54) is 0 Å². The number of hydrogen-bond donors (Lipinski definition) is 8. The van der Waals surface area contributed by atoms with E-state index < -0.39 is 73.8 Å². The van der Waals surface area contributed by atoms with E-state index in [4.69, 9.17) is 19.3 Å².